The summed E-state index contributed by atoms with van der Waals surface area (Å²) in [6.07, 6.45) is 8.79. The summed E-state index contributed by atoms with van der Waals surface area (Å²) >= 11 is 0. The molecule has 1 aliphatic heterocycles. The topological polar surface area (TPSA) is 87.1 Å². The first-order chi connectivity index (χ1) is 10.4. The molecule has 0 aliphatic carbocycles. The molecule has 2 N–H and O–H groups in total. The second-order valence-electron chi connectivity index (χ2n) is 4.94. The van der Waals surface area contributed by atoms with Gasteiger partial charge < -0.3 is 10.4 Å². The Morgan fingerprint density at radius 2 is 2.24 bits per heavy atom. The molecule has 1 atom stereocenters. The number of nitrogens with zero attached hydrogens (tertiary/aromatic N) is 5. The fraction of sp³-hybridized carbons (Fsp3) is 0.429. The Hall–Kier alpha value is -2.12. The molecule has 0 saturated carbocycles. The van der Waals surface area contributed by atoms with E-state index in [4.69, 9.17) is 5.11 Å². The minimum atomic E-state index is 0.173. The van der Waals surface area contributed by atoms with E-state index in [1.165, 1.54) is 0 Å². The lowest BCUT2D eigenvalue weighted by molar-refractivity contribution is 0.183. The van der Waals surface area contributed by atoms with Crippen molar-refractivity contribution in [2.45, 2.75) is 18.9 Å². The summed E-state index contributed by atoms with van der Waals surface area (Å²) in [7, 11) is 0. The smallest absolute Gasteiger partial charge is 0.228 e. The van der Waals surface area contributed by atoms with Crippen molar-refractivity contribution in [2.24, 2.45) is 0 Å². The van der Waals surface area contributed by atoms with Gasteiger partial charge in [0.25, 0.3) is 0 Å². The van der Waals surface area contributed by atoms with Crippen molar-refractivity contribution in [3.05, 3.63) is 36.5 Å². The van der Waals surface area contributed by atoms with Crippen molar-refractivity contribution < 1.29 is 5.11 Å². The maximum atomic E-state index is 9.14. The number of hydrogen-bond donors (Lipinski definition) is 2. The van der Waals surface area contributed by atoms with Crippen molar-refractivity contribution in [1.29, 1.82) is 0 Å². The molecule has 21 heavy (non-hydrogen) atoms. The summed E-state index contributed by atoms with van der Waals surface area (Å²) in [4.78, 5) is 19.2. The van der Waals surface area contributed by atoms with Gasteiger partial charge in [0.2, 0.25) is 5.95 Å². The maximum Gasteiger partial charge on any atom is 0.228 e. The van der Waals surface area contributed by atoms with E-state index in [-0.39, 0.29) is 12.6 Å². The SMILES string of the molecule is OCCN1CCCC1c1ccnc(Nc2cnccn2)n1. The lowest BCUT2D eigenvalue weighted by Crippen LogP contribution is -2.27. The normalized spacial score (nSPS) is 18.8. The monoisotopic (exact) mass is 286 g/mol. The van der Waals surface area contributed by atoms with Gasteiger partial charge in [-0.05, 0) is 25.5 Å². The number of hydrogen-bond acceptors (Lipinski definition) is 7. The van der Waals surface area contributed by atoms with E-state index in [1.807, 2.05) is 6.07 Å². The third kappa shape index (κ3) is 3.32. The Morgan fingerprint density at radius 1 is 1.29 bits per heavy atom. The summed E-state index contributed by atoms with van der Waals surface area (Å²) in [6, 6.07) is 2.19. The second kappa shape index (κ2) is 6.55. The van der Waals surface area contributed by atoms with Crippen LogP contribution in [0.25, 0.3) is 0 Å². The van der Waals surface area contributed by atoms with Gasteiger partial charge in [0.05, 0.1) is 24.5 Å². The van der Waals surface area contributed by atoms with E-state index in [0.29, 0.717) is 18.3 Å². The van der Waals surface area contributed by atoms with Crippen LogP contribution in [0.2, 0.25) is 0 Å². The molecule has 0 radical (unpaired) electrons. The molecule has 110 valence electrons. The molecule has 0 amide bonds. The molecule has 1 unspecified atom stereocenters. The molecule has 0 spiro atoms. The molecule has 3 rings (SSSR count). The maximum absolute atomic E-state index is 9.14. The van der Waals surface area contributed by atoms with E-state index >= 15 is 0 Å². The highest BCUT2D eigenvalue weighted by Crippen LogP contribution is 2.30. The standard InChI is InChI=1S/C14H18N6O/c21-9-8-20-7-1-2-12(20)11-3-4-17-14(18-11)19-13-10-15-5-6-16-13/h3-6,10,12,21H,1-2,7-9H2,(H,16,17,18,19). The molecule has 2 aromatic heterocycles. The Balaban J connectivity index is 1.77. The first-order valence-electron chi connectivity index (χ1n) is 7.08. The highest BCUT2D eigenvalue weighted by molar-refractivity contribution is 5.45. The van der Waals surface area contributed by atoms with Crippen LogP contribution in [-0.2, 0) is 0 Å². The van der Waals surface area contributed by atoms with Crippen LogP contribution in [0.3, 0.4) is 0 Å². The van der Waals surface area contributed by atoms with Gasteiger partial charge in [0.1, 0.15) is 0 Å². The van der Waals surface area contributed by atoms with Gasteiger partial charge in [-0.15, -0.1) is 0 Å². The van der Waals surface area contributed by atoms with E-state index in [2.05, 4.69) is 30.2 Å². The number of nitrogens with one attached hydrogen (secondary N) is 1. The zero-order chi connectivity index (χ0) is 14.5. The number of aromatic nitrogens is 4. The van der Waals surface area contributed by atoms with Crippen molar-refractivity contribution in [1.82, 2.24) is 24.8 Å². The van der Waals surface area contributed by atoms with Crippen molar-refractivity contribution in [2.75, 3.05) is 25.0 Å². The van der Waals surface area contributed by atoms with Gasteiger partial charge in [0.15, 0.2) is 5.82 Å². The first-order valence-corrected chi connectivity index (χ1v) is 7.08. The molecule has 7 nitrogen and oxygen atoms in total. The summed E-state index contributed by atoms with van der Waals surface area (Å²) in [5.74, 6) is 1.14. The van der Waals surface area contributed by atoms with E-state index in [1.54, 1.807) is 24.8 Å². The second-order valence-corrected chi connectivity index (χ2v) is 4.94. The lowest BCUT2D eigenvalue weighted by Gasteiger charge is -2.23. The molecule has 0 bridgehead atoms. The van der Waals surface area contributed by atoms with E-state index in [0.717, 1.165) is 25.1 Å². The lowest BCUT2D eigenvalue weighted by atomic mass is 10.1. The molecular formula is C14H18N6O. The average Bonchev–Trinajstić information content (AvgIpc) is 2.97. The van der Waals surface area contributed by atoms with Gasteiger partial charge in [-0.1, -0.05) is 0 Å². The Bertz CT molecular complexity index is 579. The number of rotatable bonds is 5. The quantitative estimate of drug-likeness (QED) is 0.852. The number of aliphatic hydroxyl groups is 1. The van der Waals surface area contributed by atoms with Crippen LogP contribution < -0.4 is 5.32 Å². The molecule has 1 aliphatic rings. The predicted octanol–water partition coefficient (Wildman–Crippen LogP) is 1.14. The molecule has 1 fully saturated rings. The third-order valence-electron chi connectivity index (χ3n) is 3.57. The molecule has 3 heterocycles. The zero-order valence-corrected chi connectivity index (χ0v) is 11.7. The van der Waals surface area contributed by atoms with Crippen molar-refractivity contribution >= 4 is 11.8 Å². The largest absolute Gasteiger partial charge is 0.395 e. The Morgan fingerprint density at radius 3 is 3.05 bits per heavy atom. The Labute approximate surface area is 123 Å². The first kappa shape index (κ1) is 13.8. The van der Waals surface area contributed by atoms with Crippen LogP contribution in [0.5, 0.6) is 0 Å². The highest BCUT2D eigenvalue weighted by atomic mass is 16.3. The van der Waals surface area contributed by atoms with Crippen LogP contribution in [-0.4, -0.2) is 49.6 Å². The summed E-state index contributed by atoms with van der Waals surface area (Å²) in [5.41, 5.74) is 0.974. The number of aliphatic hydroxyl groups excluding tert-OH is 1. The molecule has 7 heteroatoms. The number of likely N-dealkylation sites (tertiary alicyclic amines) is 1. The fourth-order valence-corrected chi connectivity index (χ4v) is 2.65. The van der Waals surface area contributed by atoms with Gasteiger partial charge in [-0.3, -0.25) is 9.88 Å². The predicted molar refractivity (Wildman–Crippen MR) is 78.0 cm³/mol. The average molecular weight is 286 g/mol. The van der Waals surface area contributed by atoms with E-state index in [9.17, 15) is 0 Å². The summed E-state index contributed by atoms with van der Waals surface area (Å²) < 4.78 is 0. The third-order valence-corrected chi connectivity index (χ3v) is 3.57. The van der Waals surface area contributed by atoms with E-state index < -0.39 is 0 Å². The van der Waals surface area contributed by atoms with Gasteiger partial charge in [0, 0.05) is 25.1 Å². The minimum absolute atomic E-state index is 0.173. The molecular weight excluding hydrogens is 268 g/mol. The van der Waals surface area contributed by atoms with Gasteiger partial charge in [-0.2, -0.15) is 0 Å². The van der Waals surface area contributed by atoms with Crippen LogP contribution in [0, 0.1) is 0 Å². The van der Waals surface area contributed by atoms with Crippen LogP contribution in [0.4, 0.5) is 11.8 Å². The van der Waals surface area contributed by atoms with Gasteiger partial charge >= 0.3 is 0 Å². The van der Waals surface area contributed by atoms with Crippen LogP contribution in [0.15, 0.2) is 30.9 Å². The molecule has 0 aromatic carbocycles. The fourth-order valence-electron chi connectivity index (χ4n) is 2.65. The van der Waals surface area contributed by atoms with Crippen molar-refractivity contribution in [3.8, 4) is 0 Å². The molecule has 2 aromatic rings. The highest BCUT2D eigenvalue weighted by Gasteiger charge is 2.26. The van der Waals surface area contributed by atoms with Crippen LogP contribution >= 0.6 is 0 Å². The summed E-state index contributed by atoms with van der Waals surface area (Å²) in [6.45, 7) is 1.86. The number of β-amino-alcohol motifs (C(OH)–C–C–N with tert-alkyl or cyclic N) is 1. The Kier molecular flexibility index (Phi) is 4.32. The van der Waals surface area contributed by atoms with Gasteiger partial charge in [-0.25, -0.2) is 15.0 Å². The molecule has 1 saturated heterocycles. The van der Waals surface area contributed by atoms with Crippen molar-refractivity contribution in [3.63, 3.8) is 0 Å². The van der Waals surface area contributed by atoms with Crippen LogP contribution in [0.1, 0.15) is 24.6 Å². The zero-order valence-electron chi connectivity index (χ0n) is 11.7. The number of anilines is 2. The minimum Gasteiger partial charge on any atom is -0.395 e. The summed E-state index contributed by atoms with van der Waals surface area (Å²) in [5, 5.41) is 12.2.